The molecule has 0 bridgehead atoms. The molecule has 1 N–H and O–H groups in total. The zero-order chi connectivity index (χ0) is 16.4. The van der Waals surface area contributed by atoms with Gasteiger partial charge in [0.25, 0.3) is 0 Å². The second kappa shape index (κ2) is 6.78. The Labute approximate surface area is 150 Å². The number of H-pyrrole nitrogens is 1. The molecule has 0 amide bonds. The van der Waals surface area contributed by atoms with Crippen LogP contribution in [0.5, 0.6) is 0 Å². The van der Waals surface area contributed by atoms with E-state index in [0.29, 0.717) is 5.92 Å². The van der Waals surface area contributed by atoms with Crippen LogP contribution in [0.4, 0.5) is 0 Å². The van der Waals surface area contributed by atoms with Gasteiger partial charge in [-0.1, -0.05) is 70.5 Å². The summed E-state index contributed by atoms with van der Waals surface area (Å²) < 4.78 is 1.09. The van der Waals surface area contributed by atoms with Gasteiger partial charge in [0, 0.05) is 21.5 Å². The lowest BCUT2D eigenvalue weighted by Crippen LogP contribution is -2.02. The van der Waals surface area contributed by atoms with Gasteiger partial charge in [0.15, 0.2) is 0 Å². The van der Waals surface area contributed by atoms with E-state index in [1.54, 1.807) is 0 Å². The standard InChI is InChI=1S/C21H19BrN2/c22-18-13-11-16(12-14-18)20-19(15-7-3-1-4-8-15)23-21(24-20)17-9-5-2-6-10-17/h1-5,7-8,11-14,17H,6,9-10H2,(H,23,24)/t17-/m0/s1. The normalized spacial score (nSPS) is 17.1. The summed E-state index contributed by atoms with van der Waals surface area (Å²) in [5, 5.41) is 0. The number of imidazole rings is 1. The maximum Gasteiger partial charge on any atom is 0.110 e. The van der Waals surface area contributed by atoms with E-state index in [1.165, 1.54) is 5.56 Å². The fourth-order valence-electron chi connectivity index (χ4n) is 3.26. The van der Waals surface area contributed by atoms with Gasteiger partial charge in [0.2, 0.25) is 0 Å². The second-order valence-electron chi connectivity index (χ2n) is 6.20. The highest BCUT2D eigenvalue weighted by molar-refractivity contribution is 9.10. The molecule has 120 valence electrons. The first-order valence-corrected chi connectivity index (χ1v) is 9.17. The molecule has 0 fully saturated rings. The second-order valence-corrected chi connectivity index (χ2v) is 7.12. The molecule has 24 heavy (non-hydrogen) atoms. The first-order chi connectivity index (χ1) is 11.8. The van der Waals surface area contributed by atoms with Crippen LogP contribution < -0.4 is 0 Å². The Morgan fingerprint density at radius 3 is 2.42 bits per heavy atom. The largest absolute Gasteiger partial charge is 0.341 e. The average Bonchev–Trinajstić information content (AvgIpc) is 3.09. The van der Waals surface area contributed by atoms with Gasteiger partial charge in [-0.05, 0) is 31.4 Å². The van der Waals surface area contributed by atoms with Crippen molar-refractivity contribution in [2.24, 2.45) is 0 Å². The Hall–Kier alpha value is -2.13. The molecule has 4 rings (SSSR count). The summed E-state index contributed by atoms with van der Waals surface area (Å²) in [7, 11) is 0. The number of allylic oxidation sites excluding steroid dienone is 2. The molecule has 1 aliphatic carbocycles. The number of aromatic amines is 1. The third-order valence-corrected chi connectivity index (χ3v) is 5.09. The Kier molecular flexibility index (Phi) is 4.35. The number of nitrogens with zero attached hydrogens (tertiary/aromatic N) is 1. The Morgan fingerprint density at radius 1 is 0.917 bits per heavy atom. The van der Waals surface area contributed by atoms with E-state index in [2.05, 4.69) is 81.6 Å². The molecular weight excluding hydrogens is 360 g/mol. The van der Waals surface area contributed by atoms with Gasteiger partial charge in [-0.15, -0.1) is 0 Å². The van der Waals surface area contributed by atoms with E-state index in [4.69, 9.17) is 4.98 Å². The number of hydrogen-bond acceptors (Lipinski definition) is 1. The Bertz CT molecular complexity index is 847. The number of benzene rings is 2. The van der Waals surface area contributed by atoms with Crippen molar-refractivity contribution in [2.75, 3.05) is 0 Å². The summed E-state index contributed by atoms with van der Waals surface area (Å²) in [6, 6.07) is 18.9. The molecule has 3 heteroatoms. The minimum absolute atomic E-state index is 0.488. The molecule has 2 aromatic carbocycles. The van der Waals surface area contributed by atoms with Crippen molar-refractivity contribution in [3.63, 3.8) is 0 Å². The summed E-state index contributed by atoms with van der Waals surface area (Å²) in [6.45, 7) is 0. The minimum Gasteiger partial charge on any atom is -0.341 e. The van der Waals surface area contributed by atoms with Crippen molar-refractivity contribution in [1.29, 1.82) is 0 Å². The van der Waals surface area contributed by atoms with Crippen LogP contribution in [0.3, 0.4) is 0 Å². The lowest BCUT2D eigenvalue weighted by molar-refractivity contribution is 0.589. The SMILES string of the molecule is Brc1ccc(-c2[nH]c([C@H]3CC=CCC3)nc2-c2ccccc2)cc1. The Balaban J connectivity index is 1.82. The van der Waals surface area contributed by atoms with Crippen LogP contribution in [0.2, 0.25) is 0 Å². The number of aromatic nitrogens is 2. The number of hydrogen-bond donors (Lipinski definition) is 1. The summed E-state index contributed by atoms with van der Waals surface area (Å²) in [5.41, 5.74) is 4.48. The number of rotatable bonds is 3. The van der Waals surface area contributed by atoms with Crippen LogP contribution >= 0.6 is 15.9 Å². The van der Waals surface area contributed by atoms with E-state index in [1.807, 2.05) is 6.07 Å². The van der Waals surface area contributed by atoms with Crippen LogP contribution in [0.1, 0.15) is 31.0 Å². The van der Waals surface area contributed by atoms with Crippen molar-refractivity contribution in [2.45, 2.75) is 25.2 Å². The average molecular weight is 379 g/mol. The lowest BCUT2D eigenvalue weighted by Gasteiger charge is -2.14. The molecule has 0 aliphatic heterocycles. The Morgan fingerprint density at radius 2 is 1.71 bits per heavy atom. The summed E-state index contributed by atoms with van der Waals surface area (Å²) >= 11 is 3.52. The molecular formula is C21H19BrN2. The highest BCUT2D eigenvalue weighted by Gasteiger charge is 2.20. The minimum atomic E-state index is 0.488. The molecule has 0 unspecified atom stereocenters. The van der Waals surface area contributed by atoms with Crippen LogP contribution in [0, 0.1) is 0 Å². The van der Waals surface area contributed by atoms with Crippen molar-refractivity contribution in [3.8, 4) is 22.5 Å². The predicted molar refractivity (Wildman–Crippen MR) is 103 cm³/mol. The van der Waals surface area contributed by atoms with E-state index in [-0.39, 0.29) is 0 Å². The zero-order valence-electron chi connectivity index (χ0n) is 13.4. The van der Waals surface area contributed by atoms with Crippen molar-refractivity contribution in [3.05, 3.63) is 77.0 Å². The molecule has 2 nitrogen and oxygen atoms in total. The van der Waals surface area contributed by atoms with Gasteiger partial charge in [0.05, 0.1) is 11.4 Å². The van der Waals surface area contributed by atoms with Crippen LogP contribution in [0.15, 0.2) is 71.2 Å². The third kappa shape index (κ3) is 3.09. The molecule has 1 aromatic heterocycles. The van der Waals surface area contributed by atoms with E-state index >= 15 is 0 Å². The topological polar surface area (TPSA) is 28.7 Å². The molecule has 0 saturated carbocycles. The molecule has 0 saturated heterocycles. The van der Waals surface area contributed by atoms with Gasteiger partial charge in [-0.2, -0.15) is 0 Å². The quantitative estimate of drug-likeness (QED) is 0.529. The molecule has 0 spiro atoms. The molecule has 0 radical (unpaired) electrons. The lowest BCUT2D eigenvalue weighted by atomic mass is 9.94. The number of nitrogens with one attached hydrogen (secondary N) is 1. The first kappa shape index (κ1) is 15.4. The van der Waals surface area contributed by atoms with Crippen molar-refractivity contribution in [1.82, 2.24) is 9.97 Å². The van der Waals surface area contributed by atoms with Crippen LogP contribution in [-0.4, -0.2) is 9.97 Å². The maximum atomic E-state index is 5.00. The van der Waals surface area contributed by atoms with E-state index in [9.17, 15) is 0 Å². The summed E-state index contributed by atoms with van der Waals surface area (Å²) in [4.78, 5) is 8.63. The maximum absolute atomic E-state index is 5.00. The fourth-order valence-corrected chi connectivity index (χ4v) is 3.52. The molecule has 3 aromatic rings. The van der Waals surface area contributed by atoms with Gasteiger partial charge >= 0.3 is 0 Å². The van der Waals surface area contributed by atoms with Crippen molar-refractivity contribution < 1.29 is 0 Å². The van der Waals surface area contributed by atoms with E-state index < -0.39 is 0 Å². The first-order valence-electron chi connectivity index (χ1n) is 8.37. The molecule has 1 aliphatic rings. The number of halogens is 1. The summed E-state index contributed by atoms with van der Waals surface area (Å²) in [6.07, 6.45) is 7.92. The zero-order valence-corrected chi connectivity index (χ0v) is 15.0. The van der Waals surface area contributed by atoms with Crippen LogP contribution in [0.25, 0.3) is 22.5 Å². The van der Waals surface area contributed by atoms with Crippen LogP contribution in [-0.2, 0) is 0 Å². The highest BCUT2D eigenvalue weighted by Crippen LogP contribution is 2.35. The predicted octanol–water partition coefficient (Wildman–Crippen LogP) is 6.33. The smallest absolute Gasteiger partial charge is 0.110 e. The van der Waals surface area contributed by atoms with Crippen molar-refractivity contribution >= 4 is 15.9 Å². The van der Waals surface area contributed by atoms with E-state index in [0.717, 1.165) is 46.5 Å². The van der Waals surface area contributed by atoms with Gasteiger partial charge < -0.3 is 4.98 Å². The summed E-state index contributed by atoms with van der Waals surface area (Å²) in [5.74, 6) is 1.60. The van der Waals surface area contributed by atoms with Gasteiger partial charge in [0.1, 0.15) is 5.82 Å². The molecule has 1 heterocycles. The highest BCUT2D eigenvalue weighted by atomic mass is 79.9. The monoisotopic (exact) mass is 378 g/mol. The third-order valence-electron chi connectivity index (χ3n) is 4.56. The van der Waals surface area contributed by atoms with Gasteiger partial charge in [-0.3, -0.25) is 0 Å². The van der Waals surface area contributed by atoms with Gasteiger partial charge in [-0.25, -0.2) is 4.98 Å². The fraction of sp³-hybridized carbons (Fsp3) is 0.190. The molecule has 1 atom stereocenters.